The molecule has 2 atom stereocenters. The van der Waals surface area contributed by atoms with Crippen molar-refractivity contribution < 1.29 is 46.8 Å². The standard InChI is InChI=1S/C27H27F4N3O6/c1-25(32)14-40-23-20(25)12-21(34-22(23)15-3-5-17(28)6-4-15)26(37,27(29,30)31)13-33-24(36)16-9-18(38-2)11-19(10-16)39-8-7-35/h3-6,9-12,35,37H,7-8,13-14,32H2,1-2H3,(H,33,36)/t25-,26-/m1/s1. The van der Waals surface area contributed by atoms with Gasteiger partial charge in [-0.15, -0.1) is 0 Å². The molecule has 5 N–H and O–H groups in total. The smallest absolute Gasteiger partial charge is 0.424 e. The molecule has 0 bridgehead atoms. The second-order valence-electron chi connectivity index (χ2n) is 9.46. The Labute approximate surface area is 226 Å². The van der Waals surface area contributed by atoms with Crippen molar-refractivity contribution in [1.82, 2.24) is 10.3 Å². The van der Waals surface area contributed by atoms with E-state index in [1.165, 1.54) is 37.4 Å². The quantitative estimate of drug-likeness (QED) is 0.291. The number of aliphatic hydroxyl groups is 2. The molecule has 9 nitrogen and oxygen atoms in total. The molecule has 0 aliphatic carbocycles. The van der Waals surface area contributed by atoms with Crippen LogP contribution < -0.4 is 25.3 Å². The largest absolute Gasteiger partial charge is 0.497 e. The summed E-state index contributed by atoms with van der Waals surface area (Å²) >= 11 is 0. The molecule has 0 spiro atoms. The molecule has 1 amide bonds. The highest BCUT2D eigenvalue weighted by Crippen LogP contribution is 2.46. The average Bonchev–Trinajstić information content (AvgIpc) is 3.23. The summed E-state index contributed by atoms with van der Waals surface area (Å²) < 4.78 is 73.0. The van der Waals surface area contributed by atoms with Crippen molar-refractivity contribution >= 4 is 5.91 Å². The van der Waals surface area contributed by atoms with Crippen molar-refractivity contribution in [3.8, 4) is 28.5 Å². The van der Waals surface area contributed by atoms with Gasteiger partial charge >= 0.3 is 6.18 Å². The Morgan fingerprint density at radius 2 is 1.85 bits per heavy atom. The Balaban J connectivity index is 1.74. The third-order valence-corrected chi connectivity index (χ3v) is 6.36. The lowest BCUT2D eigenvalue weighted by molar-refractivity contribution is -0.265. The summed E-state index contributed by atoms with van der Waals surface area (Å²) in [6.07, 6.45) is -5.30. The van der Waals surface area contributed by atoms with Gasteiger partial charge in [0.25, 0.3) is 5.91 Å². The predicted octanol–water partition coefficient (Wildman–Crippen LogP) is 3.01. The van der Waals surface area contributed by atoms with Crippen LogP contribution in [0.2, 0.25) is 0 Å². The SMILES string of the molecule is COc1cc(OCCO)cc(C(=O)NC[C@@](O)(c2cc3c(c(-c4ccc(F)cc4)n2)OC[C@@]3(C)N)C(F)(F)F)c1. The predicted molar refractivity (Wildman–Crippen MR) is 135 cm³/mol. The summed E-state index contributed by atoms with van der Waals surface area (Å²) in [5, 5.41) is 22.2. The first-order chi connectivity index (χ1) is 18.8. The van der Waals surface area contributed by atoms with E-state index in [0.717, 1.165) is 18.2 Å². The van der Waals surface area contributed by atoms with E-state index in [1.807, 2.05) is 0 Å². The molecule has 3 aromatic rings. The number of benzene rings is 2. The number of nitrogens with two attached hydrogens (primary N) is 1. The van der Waals surface area contributed by atoms with Gasteiger partial charge in [0.2, 0.25) is 5.60 Å². The first kappa shape index (κ1) is 29.1. The van der Waals surface area contributed by atoms with E-state index in [1.54, 1.807) is 6.92 Å². The summed E-state index contributed by atoms with van der Waals surface area (Å²) in [5.74, 6) is -1.12. The number of carbonyl (C=O) groups is 1. The number of fused-ring (bicyclic) bond motifs is 1. The molecule has 2 aromatic carbocycles. The molecule has 2 heterocycles. The summed E-state index contributed by atoms with van der Waals surface area (Å²) in [4.78, 5) is 17.0. The van der Waals surface area contributed by atoms with E-state index < -0.39 is 41.3 Å². The zero-order chi connectivity index (χ0) is 29.3. The van der Waals surface area contributed by atoms with E-state index in [0.29, 0.717) is 0 Å². The zero-order valence-corrected chi connectivity index (χ0v) is 21.5. The third kappa shape index (κ3) is 5.67. The summed E-state index contributed by atoms with van der Waals surface area (Å²) in [5.41, 5.74) is 0.763. The minimum atomic E-state index is -5.30. The van der Waals surface area contributed by atoms with Gasteiger partial charge in [-0.25, -0.2) is 9.37 Å². The molecule has 13 heteroatoms. The lowest BCUT2D eigenvalue weighted by Crippen LogP contribution is -2.51. The van der Waals surface area contributed by atoms with Crippen LogP contribution in [-0.2, 0) is 11.1 Å². The minimum Gasteiger partial charge on any atom is -0.497 e. The highest BCUT2D eigenvalue weighted by atomic mass is 19.4. The van der Waals surface area contributed by atoms with Gasteiger partial charge in [0.1, 0.15) is 36.2 Å². The third-order valence-electron chi connectivity index (χ3n) is 6.36. The maximum atomic E-state index is 14.5. The number of hydrogen-bond donors (Lipinski definition) is 4. The van der Waals surface area contributed by atoms with Crippen molar-refractivity contribution in [3.05, 3.63) is 71.2 Å². The Bertz CT molecular complexity index is 1400. The van der Waals surface area contributed by atoms with Crippen LogP contribution in [0.5, 0.6) is 17.2 Å². The van der Waals surface area contributed by atoms with Crippen LogP contribution in [0.3, 0.4) is 0 Å². The summed E-state index contributed by atoms with van der Waals surface area (Å²) in [6.45, 7) is -0.232. The number of ether oxygens (including phenoxy) is 3. The van der Waals surface area contributed by atoms with E-state index in [2.05, 4.69) is 10.3 Å². The number of pyridine rings is 1. The Hall–Kier alpha value is -3.94. The average molecular weight is 566 g/mol. The van der Waals surface area contributed by atoms with E-state index in [-0.39, 0.29) is 59.5 Å². The molecule has 0 fully saturated rings. The number of amides is 1. The number of aromatic nitrogens is 1. The number of rotatable bonds is 9. The van der Waals surface area contributed by atoms with Crippen LogP contribution in [0.25, 0.3) is 11.3 Å². The Morgan fingerprint density at radius 3 is 2.48 bits per heavy atom. The van der Waals surface area contributed by atoms with Crippen molar-refractivity contribution in [1.29, 1.82) is 0 Å². The van der Waals surface area contributed by atoms with Crippen LogP contribution >= 0.6 is 0 Å². The van der Waals surface area contributed by atoms with Gasteiger partial charge in [-0.1, -0.05) is 0 Å². The molecule has 1 aliphatic rings. The first-order valence-electron chi connectivity index (χ1n) is 12.0. The van der Waals surface area contributed by atoms with E-state index in [4.69, 9.17) is 25.1 Å². The number of alkyl halides is 3. The van der Waals surface area contributed by atoms with E-state index >= 15 is 0 Å². The van der Waals surface area contributed by atoms with Crippen LogP contribution in [0.1, 0.15) is 28.5 Å². The molecule has 1 aromatic heterocycles. The molecular weight excluding hydrogens is 538 g/mol. The number of carbonyl (C=O) groups excluding carboxylic acids is 1. The minimum absolute atomic E-state index is 0.0701. The summed E-state index contributed by atoms with van der Waals surface area (Å²) in [6, 6.07) is 9.78. The van der Waals surface area contributed by atoms with Crippen LogP contribution in [-0.4, -0.2) is 60.8 Å². The van der Waals surface area contributed by atoms with Crippen molar-refractivity contribution in [3.63, 3.8) is 0 Å². The Morgan fingerprint density at radius 1 is 1.18 bits per heavy atom. The number of aliphatic hydroxyl groups excluding tert-OH is 1. The number of methoxy groups -OCH3 is 1. The second-order valence-corrected chi connectivity index (χ2v) is 9.46. The lowest BCUT2D eigenvalue weighted by Gasteiger charge is -2.31. The maximum Gasteiger partial charge on any atom is 0.424 e. The van der Waals surface area contributed by atoms with Gasteiger partial charge in [-0.05, 0) is 49.4 Å². The van der Waals surface area contributed by atoms with Crippen LogP contribution in [0, 0.1) is 5.82 Å². The van der Waals surface area contributed by atoms with Gasteiger partial charge in [0.15, 0.2) is 5.75 Å². The van der Waals surface area contributed by atoms with Gasteiger partial charge in [-0.2, -0.15) is 13.2 Å². The second kappa shape index (κ2) is 10.9. The van der Waals surface area contributed by atoms with E-state index in [9.17, 15) is 27.5 Å². The first-order valence-corrected chi connectivity index (χ1v) is 12.0. The van der Waals surface area contributed by atoms with Crippen molar-refractivity contribution in [2.24, 2.45) is 5.73 Å². The van der Waals surface area contributed by atoms with Gasteiger partial charge in [0, 0.05) is 22.8 Å². The molecule has 1 aliphatic heterocycles. The molecular formula is C27H27F4N3O6. The molecule has 0 saturated carbocycles. The van der Waals surface area contributed by atoms with Crippen LogP contribution in [0.4, 0.5) is 17.6 Å². The molecule has 0 unspecified atom stereocenters. The highest BCUT2D eigenvalue weighted by Gasteiger charge is 2.57. The van der Waals surface area contributed by atoms with Crippen molar-refractivity contribution in [2.75, 3.05) is 33.5 Å². The normalized spacial score (nSPS) is 17.9. The van der Waals surface area contributed by atoms with Gasteiger partial charge in [-0.3, -0.25) is 4.79 Å². The molecule has 40 heavy (non-hydrogen) atoms. The molecule has 0 saturated heterocycles. The maximum absolute atomic E-state index is 14.5. The highest BCUT2D eigenvalue weighted by molar-refractivity contribution is 5.95. The van der Waals surface area contributed by atoms with Crippen molar-refractivity contribution in [2.45, 2.75) is 24.2 Å². The lowest BCUT2D eigenvalue weighted by atomic mass is 9.89. The fourth-order valence-corrected chi connectivity index (χ4v) is 4.13. The van der Waals surface area contributed by atoms with Crippen LogP contribution in [0.15, 0.2) is 48.5 Å². The number of nitrogens with zero attached hydrogens (tertiary/aromatic N) is 1. The molecule has 4 rings (SSSR count). The Kier molecular flexibility index (Phi) is 7.92. The number of hydrogen-bond acceptors (Lipinski definition) is 8. The topological polar surface area (TPSA) is 136 Å². The fourth-order valence-electron chi connectivity index (χ4n) is 4.13. The summed E-state index contributed by atoms with van der Waals surface area (Å²) in [7, 11) is 1.32. The number of halogens is 4. The molecule has 0 radical (unpaired) electrons. The van der Waals surface area contributed by atoms with Gasteiger partial charge in [0.05, 0.1) is 31.5 Å². The van der Waals surface area contributed by atoms with Gasteiger partial charge < -0.3 is 35.5 Å². The number of nitrogens with one attached hydrogen (secondary N) is 1. The monoisotopic (exact) mass is 565 g/mol. The zero-order valence-electron chi connectivity index (χ0n) is 21.5. The molecule has 214 valence electrons. The fraction of sp³-hybridized carbons (Fsp3) is 0.333.